The van der Waals surface area contributed by atoms with Crippen molar-refractivity contribution in [2.24, 2.45) is 0 Å². The minimum Gasteiger partial charge on any atom is -0.487 e. The number of aliphatic hydroxyl groups is 1. The van der Waals surface area contributed by atoms with E-state index in [2.05, 4.69) is 4.98 Å². The molecular formula is C17H18F2N2O2. The van der Waals surface area contributed by atoms with Gasteiger partial charge in [0.25, 0.3) is 0 Å². The molecule has 3 rings (SSSR count). The number of pyridine rings is 1. The number of benzene rings is 1. The van der Waals surface area contributed by atoms with Gasteiger partial charge in [0.1, 0.15) is 23.5 Å². The molecule has 23 heavy (non-hydrogen) atoms. The Morgan fingerprint density at radius 3 is 3.00 bits per heavy atom. The van der Waals surface area contributed by atoms with E-state index >= 15 is 0 Å². The lowest BCUT2D eigenvalue weighted by Crippen LogP contribution is -2.29. The zero-order chi connectivity index (χ0) is 16.2. The fraction of sp³-hybridized carbons (Fsp3) is 0.353. The SMILES string of the molecule is OC(CN1CCC(Oc2cccnc2)C1)c1cc(F)ccc1F. The zero-order valence-electron chi connectivity index (χ0n) is 12.5. The van der Waals surface area contributed by atoms with Crippen molar-refractivity contribution in [3.63, 3.8) is 0 Å². The molecule has 2 atom stereocenters. The number of nitrogens with zero attached hydrogens (tertiary/aromatic N) is 2. The van der Waals surface area contributed by atoms with E-state index < -0.39 is 17.7 Å². The summed E-state index contributed by atoms with van der Waals surface area (Å²) in [6.07, 6.45) is 3.08. The first-order chi connectivity index (χ1) is 11.1. The Balaban J connectivity index is 1.56. The summed E-state index contributed by atoms with van der Waals surface area (Å²) in [5.74, 6) is -0.447. The second-order valence-electron chi connectivity index (χ2n) is 5.66. The molecule has 1 fully saturated rings. The average Bonchev–Trinajstić information content (AvgIpc) is 2.97. The normalized spacial score (nSPS) is 19.7. The van der Waals surface area contributed by atoms with Gasteiger partial charge in [-0.2, -0.15) is 0 Å². The molecular weight excluding hydrogens is 302 g/mol. The predicted molar refractivity (Wildman–Crippen MR) is 81.0 cm³/mol. The van der Waals surface area contributed by atoms with Gasteiger partial charge in [-0.15, -0.1) is 0 Å². The Morgan fingerprint density at radius 1 is 1.35 bits per heavy atom. The smallest absolute Gasteiger partial charge is 0.138 e. The molecule has 0 amide bonds. The van der Waals surface area contributed by atoms with Gasteiger partial charge in [-0.3, -0.25) is 9.88 Å². The lowest BCUT2D eigenvalue weighted by Gasteiger charge is -2.21. The summed E-state index contributed by atoms with van der Waals surface area (Å²) >= 11 is 0. The van der Waals surface area contributed by atoms with Crippen LogP contribution in [0.3, 0.4) is 0 Å². The number of halogens is 2. The van der Waals surface area contributed by atoms with Crippen LogP contribution in [0.25, 0.3) is 0 Å². The fourth-order valence-corrected chi connectivity index (χ4v) is 2.78. The summed E-state index contributed by atoms with van der Waals surface area (Å²) in [7, 11) is 0. The van der Waals surface area contributed by atoms with Crippen LogP contribution in [-0.2, 0) is 0 Å². The molecule has 1 saturated heterocycles. The summed E-state index contributed by atoms with van der Waals surface area (Å²) < 4.78 is 32.7. The monoisotopic (exact) mass is 320 g/mol. The Labute approximate surface area is 133 Å². The van der Waals surface area contributed by atoms with Crippen LogP contribution in [0.2, 0.25) is 0 Å². The van der Waals surface area contributed by atoms with Crippen LogP contribution in [0.1, 0.15) is 18.1 Å². The van der Waals surface area contributed by atoms with Gasteiger partial charge in [0.05, 0.1) is 12.3 Å². The Kier molecular flexibility index (Phi) is 4.83. The molecule has 2 unspecified atom stereocenters. The van der Waals surface area contributed by atoms with E-state index in [-0.39, 0.29) is 18.2 Å². The lowest BCUT2D eigenvalue weighted by atomic mass is 10.1. The molecule has 2 aromatic rings. The average molecular weight is 320 g/mol. The van der Waals surface area contributed by atoms with Crippen molar-refractivity contribution in [1.82, 2.24) is 9.88 Å². The highest BCUT2D eigenvalue weighted by Gasteiger charge is 2.27. The van der Waals surface area contributed by atoms with Crippen LogP contribution >= 0.6 is 0 Å². The molecule has 1 aliphatic heterocycles. The summed E-state index contributed by atoms with van der Waals surface area (Å²) in [4.78, 5) is 5.98. The standard InChI is InChI=1S/C17H18F2N2O2/c18-12-3-4-16(19)15(8-12)17(22)11-21-7-5-14(10-21)23-13-2-1-6-20-9-13/h1-4,6,8-9,14,17,22H,5,7,10-11H2. The molecule has 2 heterocycles. The van der Waals surface area contributed by atoms with Gasteiger partial charge in [-0.25, -0.2) is 8.78 Å². The molecule has 1 aliphatic rings. The molecule has 4 nitrogen and oxygen atoms in total. The topological polar surface area (TPSA) is 45.6 Å². The molecule has 6 heteroatoms. The molecule has 0 spiro atoms. The van der Waals surface area contributed by atoms with Crippen LogP contribution in [0, 0.1) is 11.6 Å². The van der Waals surface area contributed by atoms with E-state index in [1.807, 2.05) is 11.0 Å². The first kappa shape index (κ1) is 15.8. The van der Waals surface area contributed by atoms with Crippen LogP contribution in [0.15, 0.2) is 42.7 Å². The highest BCUT2D eigenvalue weighted by Crippen LogP contribution is 2.23. The number of β-amino-alcohol motifs (C(OH)–C–C–N with tert-alkyl or cyclic N) is 1. The second-order valence-corrected chi connectivity index (χ2v) is 5.66. The van der Waals surface area contributed by atoms with Crippen molar-refractivity contribution >= 4 is 0 Å². The van der Waals surface area contributed by atoms with Crippen molar-refractivity contribution in [3.8, 4) is 5.75 Å². The first-order valence-electron chi connectivity index (χ1n) is 7.54. The van der Waals surface area contributed by atoms with Gasteiger partial charge in [-0.05, 0) is 36.8 Å². The van der Waals surface area contributed by atoms with Gasteiger partial charge in [0.15, 0.2) is 0 Å². The van der Waals surface area contributed by atoms with E-state index in [0.717, 1.165) is 31.2 Å². The van der Waals surface area contributed by atoms with Crippen molar-refractivity contribution in [2.45, 2.75) is 18.6 Å². The van der Waals surface area contributed by atoms with Crippen LogP contribution < -0.4 is 4.74 Å². The van der Waals surface area contributed by atoms with E-state index in [0.29, 0.717) is 12.3 Å². The molecule has 0 radical (unpaired) electrons. The van der Waals surface area contributed by atoms with Crippen molar-refractivity contribution in [2.75, 3.05) is 19.6 Å². The molecule has 1 N–H and O–H groups in total. The lowest BCUT2D eigenvalue weighted by molar-refractivity contribution is 0.114. The zero-order valence-corrected chi connectivity index (χ0v) is 12.5. The summed E-state index contributed by atoms with van der Waals surface area (Å²) in [6, 6.07) is 6.76. The third-order valence-electron chi connectivity index (χ3n) is 3.91. The molecule has 0 aliphatic carbocycles. The number of hydrogen-bond acceptors (Lipinski definition) is 4. The van der Waals surface area contributed by atoms with Crippen molar-refractivity contribution < 1.29 is 18.6 Å². The number of rotatable bonds is 5. The van der Waals surface area contributed by atoms with E-state index in [1.165, 1.54) is 0 Å². The van der Waals surface area contributed by atoms with E-state index in [9.17, 15) is 13.9 Å². The fourth-order valence-electron chi connectivity index (χ4n) is 2.78. The van der Waals surface area contributed by atoms with Gasteiger partial charge in [-0.1, -0.05) is 0 Å². The highest BCUT2D eigenvalue weighted by molar-refractivity contribution is 5.21. The predicted octanol–water partition coefficient (Wildman–Crippen LogP) is 2.55. The van der Waals surface area contributed by atoms with Crippen LogP contribution in [0.4, 0.5) is 8.78 Å². The van der Waals surface area contributed by atoms with Gasteiger partial charge < -0.3 is 9.84 Å². The third-order valence-corrected chi connectivity index (χ3v) is 3.91. The molecule has 122 valence electrons. The van der Waals surface area contributed by atoms with Gasteiger partial charge >= 0.3 is 0 Å². The summed E-state index contributed by atoms with van der Waals surface area (Å²) in [6.45, 7) is 1.61. The largest absolute Gasteiger partial charge is 0.487 e. The maximum atomic E-state index is 13.7. The minimum absolute atomic E-state index is 0.00348. The molecule has 1 aromatic heterocycles. The number of ether oxygens (including phenoxy) is 1. The maximum Gasteiger partial charge on any atom is 0.138 e. The highest BCUT2D eigenvalue weighted by atomic mass is 19.1. The van der Waals surface area contributed by atoms with Crippen LogP contribution in [-0.4, -0.2) is 40.7 Å². The molecule has 1 aromatic carbocycles. The minimum atomic E-state index is -1.07. The first-order valence-corrected chi connectivity index (χ1v) is 7.54. The van der Waals surface area contributed by atoms with Gasteiger partial charge in [0.2, 0.25) is 0 Å². The summed E-state index contributed by atoms with van der Waals surface area (Å²) in [5.41, 5.74) is -0.0124. The third kappa shape index (κ3) is 4.03. The molecule has 0 saturated carbocycles. The summed E-state index contributed by atoms with van der Waals surface area (Å²) in [5, 5.41) is 10.2. The van der Waals surface area contributed by atoms with E-state index in [4.69, 9.17) is 4.74 Å². The number of aliphatic hydroxyl groups excluding tert-OH is 1. The quantitative estimate of drug-likeness (QED) is 0.920. The Morgan fingerprint density at radius 2 is 2.22 bits per heavy atom. The Bertz CT molecular complexity index is 654. The Hall–Kier alpha value is -2.05. The van der Waals surface area contributed by atoms with Crippen LogP contribution in [0.5, 0.6) is 5.75 Å². The number of likely N-dealkylation sites (tertiary alicyclic amines) is 1. The van der Waals surface area contributed by atoms with Crippen molar-refractivity contribution in [3.05, 3.63) is 59.9 Å². The number of aromatic nitrogens is 1. The van der Waals surface area contributed by atoms with Crippen molar-refractivity contribution in [1.29, 1.82) is 0 Å². The van der Waals surface area contributed by atoms with E-state index in [1.54, 1.807) is 18.5 Å². The van der Waals surface area contributed by atoms with Gasteiger partial charge in [0, 0.05) is 31.4 Å². The second kappa shape index (κ2) is 7.02. The number of hydrogen-bond donors (Lipinski definition) is 1. The maximum absolute atomic E-state index is 13.7. The molecule has 0 bridgehead atoms.